The third-order valence-electron chi connectivity index (χ3n) is 12.4. The molecule has 0 spiro atoms. The van der Waals surface area contributed by atoms with Crippen LogP contribution in [0.25, 0.3) is 125 Å². The number of thiophene rings is 1. The first-order valence-corrected chi connectivity index (χ1v) is 20.5. The molecule has 8 aromatic carbocycles. The quantitative estimate of drug-likeness (QED) is 0.180. The predicted molar refractivity (Wildman–Crippen MR) is 244 cm³/mol. The van der Waals surface area contributed by atoms with E-state index in [0.29, 0.717) is 5.95 Å². The first-order chi connectivity index (χ1) is 28.8. The van der Waals surface area contributed by atoms with Gasteiger partial charge in [0, 0.05) is 53.2 Å². The molecule has 0 saturated carbocycles. The Balaban J connectivity index is 1.21. The van der Waals surface area contributed by atoms with Crippen LogP contribution < -0.4 is 0 Å². The summed E-state index contributed by atoms with van der Waals surface area (Å²) in [6.45, 7) is 0. The van der Waals surface area contributed by atoms with Crippen molar-refractivity contribution in [3.63, 3.8) is 0 Å². The van der Waals surface area contributed by atoms with Crippen LogP contribution in [0.1, 0.15) is 0 Å². The largest absolute Gasteiger partial charge is 0.308 e. The Hall–Kier alpha value is -7.54. The summed E-state index contributed by atoms with van der Waals surface area (Å²) in [5, 5.41) is 12.0. The van der Waals surface area contributed by atoms with Gasteiger partial charge < -0.3 is 4.40 Å². The van der Waals surface area contributed by atoms with Gasteiger partial charge in [-0.25, -0.2) is 4.98 Å². The Kier molecular flexibility index (Phi) is 5.85. The topological polar surface area (TPSA) is 40.0 Å². The van der Waals surface area contributed by atoms with Gasteiger partial charge in [0.15, 0.2) is 5.82 Å². The molecule has 14 aromatic rings. The van der Waals surface area contributed by atoms with Gasteiger partial charge in [-0.3, -0.25) is 9.13 Å². The molecule has 0 aliphatic heterocycles. The molecular weight excluding hydrogens is 727 g/mol. The van der Waals surface area contributed by atoms with Crippen LogP contribution in [0.4, 0.5) is 0 Å². The van der Waals surface area contributed by atoms with Crippen LogP contribution in [0.5, 0.6) is 0 Å². The van der Waals surface area contributed by atoms with Gasteiger partial charge in [0.2, 0.25) is 5.95 Å². The Labute approximate surface area is 334 Å². The molecule has 6 heterocycles. The lowest BCUT2D eigenvalue weighted by atomic mass is 10.0. The second kappa shape index (κ2) is 11.1. The maximum absolute atomic E-state index is 5.78. The number of nitrogens with zero attached hydrogens (tertiary/aromatic N) is 5. The van der Waals surface area contributed by atoms with E-state index in [0.717, 1.165) is 38.1 Å². The molecule has 0 atom stereocenters. The molecule has 0 aliphatic rings. The average molecular weight is 756 g/mol. The average Bonchev–Trinajstić information content (AvgIpc) is 4.08. The highest BCUT2D eigenvalue weighted by molar-refractivity contribution is 7.25. The summed E-state index contributed by atoms with van der Waals surface area (Å²) in [5.41, 5.74) is 10.5. The van der Waals surface area contributed by atoms with Crippen molar-refractivity contribution in [2.75, 3.05) is 0 Å². The molecule has 5 nitrogen and oxygen atoms in total. The fourth-order valence-electron chi connectivity index (χ4n) is 10.0. The van der Waals surface area contributed by atoms with Crippen molar-refractivity contribution in [3.05, 3.63) is 176 Å². The highest BCUT2D eigenvalue weighted by Gasteiger charge is 2.27. The fraction of sp³-hybridized carbons (Fsp3) is 0. The van der Waals surface area contributed by atoms with Crippen molar-refractivity contribution in [2.24, 2.45) is 0 Å². The summed E-state index contributed by atoms with van der Waals surface area (Å²) in [6, 6.07) is 63.8. The molecule has 268 valence electrons. The monoisotopic (exact) mass is 755 g/mol. The van der Waals surface area contributed by atoms with Crippen LogP contribution in [0.15, 0.2) is 176 Å². The smallest absolute Gasteiger partial charge is 0.238 e. The van der Waals surface area contributed by atoms with Gasteiger partial charge in [-0.1, -0.05) is 127 Å². The Morgan fingerprint density at radius 3 is 1.67 bits per heavy atom. The SMILES string of the molecule is c1ccc(-c2ccc3c(c2)c2cc4c5ccccc5n5c6ccccc6c(c2n3-c2nc(-n3c6ccccc6c6ccccc63)c3c(n2)sc2ccccc23)c45)cc1. The van der Waals surface area contributed by atoms with Crippen LogP contribution in [0, 0.1) is 0 Å². The third-order valence-corrected chi connectivity index (χ3v) is 13.5. The number of benzene rings is 8. The lowest BCUT2D eigenvalue weighted by Crippen LogP contribution is -2.06. The fourth-order valence-corrected chi connectivity index (χ4v) is 11.1. The number of para-hydroxylation sites is 4. The first kappa shape index (κ1) is 30.7. The van der Waals surface area contributed by atoms with Gasteiger partial charge in [0.1, 0.15) is 4.83 Å². The molecule has 58 heavy (non-hydrogen) atoms. The van der Waals surface area contributed by atoms with Crippen molar-refractivity contribution in [1.29, 1.82) is 0 Å². The first-order valence-electron chi connectivity index (χ1n) is 19.7. The van der Waals surface area contributed by atoms with Crippen LogP contribution in [-0.2, 0) is 0 Å². The maximum atomic E-state index is 5.78. The molecule has 0 aliphatic carbocycles. The van der Waals surface area contributed by atoms with E-state index >= 15 is 0 Å². The van der Waals surface area contributed by atoms with Gasteiger partial charge in [-0.2, -0.15) is 4.98 Å². The number of hydrogen-bond acceptors (Lipinski definition) is 3. The normalized spacial score (nSPS) is 12.5. The van der Waals surface area contributed by atoms with E-state index in [1.165, 1.54) is 80.9 Å². The van der Waals surface area contributed by atoms with E-state index in [1.807, 2.05) is 0 Å². The predicted octanol–water partition coefficient (Wildman–Crippen LogP) is 13.9. The molecule has 6 aromatic heterocycles. The minimum atomic E-state index is 0.658. The summed E-state index contributed by atoms with van der Waals surface area (Å²) >= 11 is 1.74. The van der Waals surface area contributed by atoms with Crippen LogP contribution in [0.3, 0.4) is 0 Å². The van der Waals surface area contributed by atoms with Gasteiger partial charge in [-0.15, -0.1) is 11.3 Å². The molecule has 0 bridgehead atoms. The van der Waals surface area contributed by atoms with Crippen LogP contribution >= 0.6 is 11.3 Å². The molecule has 0 fully saturated rings. The van der Waals surface area contributed by atoms with E-state index in [2.05, 4.69) is 189 Å². The molecule has 0 radical (unpaired) electrons. The number of fused-ring (bicyclic) bond motifs is 16. The number of rotatable bonds is 3. The Morgan fingerprint density at radius 2 is 0.931 bits per heavy atom. The molecular formula is C52H29N5S. The van der Waals surface area contributed by atoms with Gasteiger partial charge >= 0.3 is 0 Å². The zero-order valence-electron chi connectivity index (χ0n) is 30.9. The molecule has 0 saturated heterocycles. The highest BCUT2D eigenvalue weighted by atomic mass is 32.1. The van der Waals surface area contributed by atoms with Crippen LogP contribution in [-0.4, -0.2) is 23.5 Å². The minimum absolute atomic E-state index is 0.658. The van der Waals surface area contributed by atoms with E-state index in [-0.39, 0.29) is 0 Å². The number of aromatic nitrogens is 5. The van der Waals surface area contributed by atoms with Crippen molar-refractivity contribution in [1.82, 2.24) is 23.5 Å². The zero-order chi connectivity index (χ0) is 37.6. The summed E-state index contributed by atoms with van der Waals surface area (Å²) in [4.78, 5) is 12.3. The van der Waals surface area contributed by atoms with Crippen molar-refractivity contribution >= 4 is 113 Å². The Bertz CT molecular complexity index is 3980. The second-order valence-corrected chi connectivity index (χ2v) is 16.4. The lowest BCUT2D eigenvalue weighted by molar-refractivity contribution is 0.978. The summed E-state index contributed by atoms with van der Waals surface area (Å²) in [6.07, 6.45) is 0. The van der Waals surface area contributed by atoms with Crippen molar-refractivity contribution < 1.29 is 0 Å². The zero-order valence-corrected chi connectivity index (χ0v) is 31.7. The van der Waals surface area contributed by atoms with E-state index < -0.39 is 0 Å². The summed E-state index contributed by atoms with van der Waals surface area (Å²) < 4.78 is 8.38. The third kappa shape index (κ3) is 3.85. The van der Waals surface area contributed by atoms with E-state index in [9.17, 15) is 0 Å². The van der Waals surface area contributed by atoms with Crippen LogP contribution in [0.2, 0.25) is 0 Å². The molecule has 14 rings (SSSR count). The molecule has 0 amide bonds. The second-order valence-electron chi connectivity index (χ2n) is 15.3. The highest BCUT2D eigenvalue weighted by Crippen LogP contribution is 2.47. The maximum Gasteiger partial charge on any atom is 0.238 e. The van der Waals surface area contributed by atoms with Gasteiger partial charge in [-0.05, 0) is 59.7 Å². The van der Waals surface area contributed by atoms with Crippen molar-refractivity contribution in [3.8, 4) is 22.9 Å². The lowest BCUT2D eigenvalue weighted by Gasteiger charge is -2.13. The minimum Gasteiger partial charge on any atom is -0.308 e. The summed E-state index contributed by atoms with van der Waals surface area (Å²) in [5.74, 6) is 1.55. The van der Waals surface area contributed by atoms with E-state index in [4.69, 9.17) is 9.97 Å². The van der Waals surface area contributed by atoms with Gasteiger partial charge in [0.05, 0.1) is 44.0 Å². The standard InChI is InChI=1S/C52H29N5S/c1-2-14-30(15-3-1)31-26-27-44-37(28-31)39-29-38-34-18-6-9-21-40(34)55-43-24-12-7-19-35(43)46(48(38)55)49(39)57(44)52-53-50(47-36-20-8-13-25-45(36)58-51(47)54-52)56-41-22-10-4-16-32(41)33-17-5-11-23-42(33)56/h1-29H. The molecule has 0 unspecified atom stereocenters. The van der Waals surface area contributed by atoms with E-state index in [1.54, 1.807) is 11.3 Å². The summed E-state index contributed by atoms with van der Waals surface area (Å²) in [7, 11) is 0. The van der Waals surface area contributed by atoms with Gasteiger partial charge in [0.25, 0.3) is 0 Å². The number of hydrogen-bond donors (Lipinski definition) is 0. The van der Waals surface area contributed by atoms with Crippen molar-refractivity contribution in [2.45, 2.75) is 0 Å². The molecule has 0 N–H and O–H groups in total. The Morgan fingerprint density at radius 1 is 0.362 bits per heavy atom. The molecule has 6 heteroatoms.